The summed E-state index contributed by atoms with van der Waals surface area (Å²) < 4.78 is 88.1. The molecule has 1 saturated heterocycles. The summed E-state index contributed by atoms with van der Waals surface area (Å²) in [7, 11) is -5.80. The van der Waals surface area contributed by atoms with Crippen molar-refractivity contribution < 1.29 is 54.4 Å². The van der Waals surface area contributed by atoms with E-state index in [4.69, 9.17) is 4.55 Å². The Morgan fingerprint density at radius 2 is 1.59 bits per heavy atom. The number of esters is 1. The predicted octanol–water partition coefficient (Wildman–Crippen LogP) is 8.79. The standard InChI is InChI=1S/C28H38F4O8S.C14H21S/c1-15(4-7-23(36)40-11-10-27(29,30)28(31,32)41(37,38)39)18-5-6-19-24-20(14-22(35)26(18,19)3)25(2)9-8-17(33)12-16(25)13-21(24)34;1-14(2,3)12-6-8-13(9-7-12)15-10-4-5-11-15/h15-16,18-20,24H,4-14H2,1-3H3,(H,37,38,39);6-9H,4-5,10-11H2,1-3H3/q;+1/t15-,16?,18-,19+,20+,24+,25+,26-;/m1./s1. The van der Waals surface area contributed by atoms with Gasteiger partial charge in [-0.2, -0.15) is 26.0 Å². The highest BCUT2D eigenvalue weighted by Gasteiger charge is 2.67. The van der Waals surface area contributed by atoms with Gasteiger partial charge in [-0.1, -0.05) is 53.7 Å². The highest BCUT2D eigenvalue weighted by Crippen LogP contribution is 2.66. The van der Waals surface area contributed by atoms with Crippen molar-refractivity contribution in [1.29, 1.82) is 0 Å². The van der Waals surface area contributed by atoms with Gasteiger partial charge in [0.05, 0.1) is 13.0 Å². The Bertz CT molecular complexity index is 1750. The van der Waals surface area contributed by atoms with E-state index in [0.29, 0.717) is 49.4 Å². The summed E-state index contributed by atoms with van der Waals surface area (Å²) in [5, 5.41) is -5.73. The van der Waals surface area contributed by atoms with E-state index in [2.05, 4.69) is 56.7 Å². The van der Waals surface area contributed by atoms with Crippen LogP contribution in [0.1, 0.15) is 124 Å². The van der Waals surface area contributed by atoms with Gasteiger partial charge >= 0.3 is 27.3 Å². The Hall–Kier alpha value is -2.32. The quantitative estimate of drug-likeness (QED) is 0.107. The molecule has 1 unspecified atom stereocenters. The van der Waals surface area contributed by atoms with Crippen LogP contribution in [-0.4, -0.2) is 65.6 Å². The number of halogens is 4. The van der Waals surface area contributed by atoms with Crippen LogP contribution in [0.4, 0.5) is 17.6 Å². The van der Waals surface area contributed by atoms with E-state index in [9.17, 15) is 45.2 Å². The van der Waals surface area contributed by atoms with Gasteiger partial charge in [-0.05, 0) is 96.6 Å². The molecule has 5 aliphatic rings. The molecular formula is C42H59F4O8S2+. The van der Waals surface area contributed by atoms with Crippen LogP contribution in [0.15, 0.2) is 29.2 Å². The number of benzene rings is 1. The number of ketones is 3. The van der Waals surface area contributed by atoms with Crippen molar-refractivity contribution in [3.05, 3.63) is 29.8 Å². The molecule has 1 aromatic rings. The van der Waals surface area contributed by atoms with Gasteiger partial charge in [-0.25, -0.2) is 0 Å². The number of rotatable bonds is 10. The fraction of sp³-hybridized carbons (Fsp3) is 0.762. The largest absolute Gasteiger partial charge is 0.465 e. The van der Waals surface area contributed by atoms with Crippen LogP contribution in [0.2, 0.25) is 0 Å². The lowest BCUT2D eigenvalue weighted by molar-refractivity contribution is -0.174. The summed E-state index contributed by atoms with van der Waals surface area (Å²) in [6.45, 7) is 11.6. The number of alkyl halides is 4. The third kappa shape index (κ3) is 8.68. The molecule has 6 rings (SSSR count). The van der Waals surface area contributed by atoms with Crippen LogP contribution in [0.5, 0.6) is 0 Å². The average molecular weight is 832 g/mol. The monoisotopic (exact) mass is 831 g/mol. The zero-order valence-electron chi connectivity index (χ0n) is 33.5. The van der Waals surface area contributed by atoms with E-state index in [-0.39, 0.29) is 82.9 Å². The van der Waals surface area contributed by atoms with Gasteiger partial charge in [0.1, 0.15) is 28.9 Å². The van der Waals surface area contributed by atoms with E-state index >= 15 is 0 Å². The van der Waals surface area contributed by atoms with Crippen LogP contribution in [0.25, 0.3) is 0 Å². The van der Waals surface area contributed by atoms with Gasteiger partial charge < -0.3 is 4.74 Å². The van der Waals surface area contributed by atoms with Gasteiger partial charge in [0.15, 0.2) is 4.90 Å². The molecule has 0 spiro atoms. The van der Waals surface area contributed by atoms with Gasteiger partial charge in [-0.3, -0.25) is 23.7 Å². The maximum absolute atomic E-state index is 13.8. The lowest BCUT2D eigenvalue weighted by Crippen LogP contribution is -2.60. The molecule has 0 amide bonds. The van der Waals surface area contributed by atoms with Crippen molar-refractivity contribution in [2.24, 2.45) is 46.3 Å². The van der Waals surface area contributed by atoms with E-state index < -0.39 is 45.7 Å². The number of carbonyl (C=O) groups excluding carboxylic acids is 4. The van der Waals surface area contributed by atoms with Crippen molar-refractivity contribution >= 4 is 44.3 Å². The normalized spacial score (nSPS) is 31.8. The SMILES string of the molecule is CC(C)(C)c1ccc([S+]2CCCC2)cc1.C[C@H](CCC(=O)OCCC(F)(F)C(F)(F)S(=O)(=O)O)[C@H]1CC[C@H]2[C@@H]3C(=O)CC4CC(=O)CC[C@]4(C)[C@H]3CC(=O)[C@]12C. The molecule has 5 fully saturated rings. The molecule has 314 valence electrons. The van der Waals surface area contributed by atoms with Crippen LogP contribution in [0, 0.1) is 46.3 Å². The first-order valence-corrected chi connectivity index (χ1v) is 23.1. The molecular weight excluding hydrogens is 773 g/mol. The van der Waals surface area contributed by atoms with Crippen LogP contribution >= 0.6 is 0 Å². The van der Waals surface area contributed by atoms with Gasteiger partial charge in [-0.15, -0.1) is 0 Å². The van der Waals surface area contributed by atoms with Crippen LogP contribution < -0.4 is 0 Å². The highest BCUT2D eigenvalue weighted by molar-refractivity contribution is 7.97. The Morgan fingerprint density at radius 1 is 0.964 bits per heavy atom. The summed E-state index contributed by atoms with van der Waals surface area (Å²) in [5.41, 5.74) is 0.738. The summed E-state index contributed by atoms with van der Waals surface area (Å²) in [6, 6.07) is 9.35. The molecule has 1 N–H and O–H groups in total. The molecule has 0 aromatic heterocycles. The lowest BCUT2D eigenvalue weighted by atomic mass is 9.44. The minimum atomic E-state index is -6.37. The maximum Gasteiger partial charge on any atom is 0.431 e. The second kappa shape index (κ2) is 16.4. The zero-order chi connectivity index (χ0) is 41.6. The summed E-state index contributed by atoms with van der Waals surface area (Å²) in [5.74, 6) is -3.66. The Balaban J connectivity index is 0.000000332. The average Bonchev–Trinajstić information content (AvgIpc) is 3.77. The molecule has 1 heterocycles. The van der Waals surface area contributed by atoms with Crippen LogP contribution in [-0.2, 0) is 50.3 Å². The molecule has 0 bridgehead atoms. The van der Waals surface area contributed by atoms with Gasteiger partial charge in [0, 0.05) is 54.3 Å². The Morgan fingerprint density at radius 3 is 2.18 bits per heavy atom. The second-order valence-corrected chi connectivity index (χ2v) is 22.3. The molecule has 0 radical (unpaired) electrons. The predicted molar refractivity (Wildman–Crippen MR) is 206 cm³/mol. The number of hydrogen-bond acceptors (Lipinski definition) is 7. The molecule has 4 saturated carbocycles. The first-order valence-electron chi connectivity index (χ1n) is 20.1. The Kier molecular flexibility index (Phi) is 13.1. The minimum Gasteiger partial charge on any atom is -0.465 e. The number of hydrogen-bond donors (Lipinski definition) is 1. The molecule has 8 atom stereocenters. The maximum atomic E-state index is 13.8. The van der Waals surface area contributed by atoms with E-state index in [1.54, 1.807) is 4.90 Å². The van der Waals surface area contributed by atoms with Crippen LogP contribution in [0.3, 0.4) is 0 Å². The van der Waals surface area contributed by atoms with Gasteiger partial charge in [0.2, 0.25) is 0 Å². The molecule has 8 nitrogen and oxygen atoms in total. The smallest absolute Gasteiger partial charge is 0.431 e. The number of Topliss-reactive ketones (excluding diaryl/α,β-unsaturated/α-hetero) is 3. The van der Waals surface area contributed by atoms with Crippen molar-refractivity contribution in [3.63, 3.8) is 0 Å². The first-order chi connectivity index (χ1) is 25.8. The van der Waals surface area contributed by atoms with Gasteiger partial charge in [0.25, 0.3) is 0 Å². The van der Waals surface area contributed by atoms with E-state index in [0.717, 1.165) is 0 Å². The molecule has 56 heavy (non-hydrogen) atoms. The van der Waals surface area contributed by atoms with Crippen molar-refractivity contribution in [3.8, 4) is 0 Å². The topological polar surface area (TPSA) is 132 Å². The lowest BCUT2D eigenvalue weighted by Gasteiger charge is -2.58. The molecule has 4 aliphatic carbocycles. The third-order valence-corrected chi connectivity index (χ3v) is 17.7. The summed E-state index contributed by atoms with van der Waals surface area (Å²) in [6.07, 6.45) is 4.60. The van der Waals surface area contributed by atoms with Crippen molar-refractivity contribution in [2.75, 3.05) is 18.1 Å². The van der Waals surface area contributed by atoms with E-state index in [1.165, 1.54) is 29.9 Å². The minimum absolute atomic E-state index is 0.0315. The fourth-order valence-electron chi connectivity index (χ4n) is 10.7. The summed E-state index contributed by atoms with van der Waals surface area (Å²) in [4.78, 5) is 53.2. The number of ether oxygens (including phenoxy) is 1. The highest BCUT2D eigenvalue weighted by atomic mass is 32.2. The fourth-order valence-corrected chi connectivity index (χ4v) is 13.5. The number of fused-ring (bicyclic) bond motifs is 5. The molecule has 14 heteroatoms. The number of carbonyl (C=O) groups is 4. The van der Waals surface area contributed by atoms with E-state index in [1.807, 2.05) is 13.8 Å². The molecule has 1 aliphatic heterocycles. The van der Waals surface area contributed by atoms with Crippen molar-refractivity contribution in [1.82, 2.24) is 0 Å². The first kappa shape index (κ1) is 44.8. The second-order valence-electron chi connectivity index (χ2n) is 18.5. The third-order valence-electron chi connectivity index (χ3n) is 14.2. The summed E-state index contributed by atoms with van der Waals surface area (Å²) >= 11 is 0. The van der Waals surface area contributed by atoms with Crippen molar-refractivity contribution in [2.45, 2.75) is 140 Å². The zero-order valence-corrected chi connectivity index (χ0v) is 35.1. The Labute approximate surface area is 332 Å². The molecule has 1 aromatic carbocycles.